The van der Waals surface area contributed by atoms with Crippen LogP contribution in [0.2, 0.25) is 0 Å². The van der Waals surface area contributed by atoms with Crippen molar-refractivity contribution in [1.82, 2.24) is 19.8 Å². The molecule has 0 aromatic carbocycles. The van der Waals surface area contributed by atoms with E-state index in [0.717, 1.165) is 44.0 Å². The lowest BCUT2D eigenvalue weighted by atomic mass is 9.84. The molecule has 3 rings (SSSR count). The average molecular weight is 318 g/mol. The molecule has 1 unspecified atom stereocenters. The molecule has 5 nitrogen and oxygen atoms in total. The number of carbonyl (C=O) groups is 1. The fourth-order valence-corrected chi connectivity index (χ4v) is 4.08. The monoisotopic (exact) mass is 318 g/mol. The largest absolute Gasteiger partial charge is 0.349 e. The maximum Gasteiger partial charge on any atom is 0.269 e. The Balaban J connectivity index is 1.53. The van der Waals surface area contributed by atoms with Crippen molar-refractivity contribution < 1.29 is 4.79 Å². The maximum absolute atomic E-state index is 12.5. The van der Waals surface area contributed by atoms with E-state index in [-0.39, 0.29) is 5.91 Å². The Kier molecular flexibility index (Phi) is 4.76. The van der Waals surface area contributed by atoms with Crippen molar-refractivity contribution in [2.45, 2.75) is 58.9 Å². The maximum atomic E-state index is 12.5. The van der Waals surface area contributed by atoms with Gasteiger partial charge in [0.2, 0.25) is 0 Å². The number of hydrogen-bond acceptors (Lipinski definition) is 3. The van der Waals surface area contributed by atoms with Crippen LogP contribution in [-0.2, 0) is 6.42 Å². The number of hydrogen-bond donors (Lipinski definition) is 1. The number of nitrogens with zero attached hydrogens (tertiary/aromatic N) is 3. The fraction of sp³-hybridized carbons (Fsp3) is 0.778. The molecule has 3 heterocycles. The van der Waals surface area contributed by atoms with E-state index < -0.39 is 0 Å². The minimum atomic E-state index is 0.0220. The van der Waals surface area contributed by atoms with E-state index in [9.17, 15) is 4.79 Å². The summed E-state index contributed by atoms with van der Waals surface area (Å²) in [5.41, 5.74) is 1.13. The number of fused-ring (bicyclic) bond motifs is 1. The number of rotatable bonds is 4. The van der Waals surface area contributed by atoms with Crippen LogP contribution in [0.5, 0.6) is 0 Å². The van der Waals surface area contributed by atoms with E-state index in [2.05, 4.69) is 40.5 Å². The highest BCUT2D eigenvalue weighted by Crippen LogP contribution is 2.28. The molecule has 1 amide bonds. The second-order valence-corrected chi connectivity index (χ2v) is 7.97. The molecule has 23 heavy (non-hydrogen) atoms. The normalized spacial score (nSPS) is 24.2. The van der Waals surface area contributed by atoms with Crippen molar-refractivity contribution in [2.24, 2.45) is 5.41 Å². The molecule has 1 aromatic rings. The lowest BCUT2D eigenvalue weighted by molar-refractivity contribution is 0.0913. The lowest BCUT2D eigenvalue weighted by Crippen LogP contribution is -2.43. The zero-order valence-corrected chi connectivity index (χ0v) is 14.8. The number of carbonyl (C=O) groups excluding carboxylic acids is 1. The molecule has 2 aliphatic heterocycles. The SMILES string of the molecule is CC1CCCc2ncc(C(=O)NCCN3CCCC(C)(C)C3)n21. The summed E-state index contributed by atoms with van der Waals surface area (Å²) in [5, 5.41) is 3.09. The number of imidazole rings is 1. The summed E-state index contributed by atoms with van der Waals surface area (Å²) in [6.07, 6.45) is 7.59. The van der Waals surface area contributed by atoms with Gasteiger partial charge in [0.05, 0.1) is 6.20 Å². The van der Waals surface area contributed by atoms with Crippen molar-refractivity contribution in [3.63, 3.8) is 0 Å². The third kappa shape index (κ3) is 3.77. The van der Waals surface area contributed by atoms with Crippen molar-refractivity contribution >= 4 is 5.91 Å². The first-order chi connectivity index (χ1) is 11.0. The Bertz CT molecular complexity index is 563. The van der Waals surface area contributed by atoms with Gasteiger partial charge in [0.1, 0.15) is 11.5 Å². The van der Waals surface area contributed by atoms with Crippen LogP contribution in [0.3, 0.4) is 0 Å². The number of amides is 1. The molecule has 0 radical (unpaired) electrons. The van der Waals surface area contributed by atoms with Crippen LogP contribution in [0.25, 0.3) is 0 Å². The molecule has 1 N–H and O–H groups in total. The second-order valence-electron chi connectivity index (χ2n) is 7.97. The molecule has 0 spiro atoms. The summed E-state index contributed by atoms with van der Waals surface area (Å²) < 4.78 is 2.13. The highest BCUT2D eigenvalue weighted by molar-refractivity contribution is 5.92. The van der Waals surface area contributed by atoms with Gasteiger partial charge in [0.15, 0.2) is 0 Å². The van der Waals surface area contributed by atoms with Crippen molar-refractivity contribution in [3.05, 3.63) is 17.7 Å². The molecule has 0 aliphatic carbocycles. The number of piperidine rings is 1. The van der Waals surface area contributed by atoms with Crippen LogP contribution in [0.15, 0.2) is 6.20 Å². The Morgan fingerprint density at radius 3 is 3.04 bits per heavy atom. The summed E-state index contributed by atoms with van der Waals surface area (Å²) in [5.74, 6) is 1.08. The first-order valence-corrected chi connectivity index (χ1v) is 9.03. The van der Waals surface area contributed by atoms with Gasteiger partial charge in [-0.2, -0.15) is 0 Å². The average Bonchev–Trinajstić information content (AvgIpc) is 2.91. The summed E-state index contributed by atoms with van der Waals surface area (Å²) in [6, 6.07) is 0.380. The highest BCUT2D eigenvalue weighted by Gasteiger charge is 2.26. The van der Waals surface area contributed by atoms with Gasteiger partial charge in [-0.15, -0.1) is 0 Å². The smallest absolute Gasteiger partial charge is 0.269 e. The molecule has 5 heteroatoms. The molecule has 1 aromatic heterocycles. The molecule has 0 bridgehead atoms. The van der Waals surface area contributed by atoms with E-state index in [4.69, 9.17) is 0 Å². The van der Waals surface area contributed by atoms with Crippen LogP contribution < -0.4 is 5.32 Å². The quantitative estimate of drug-likeness (QED) is 0.928. The van der Waals surface area contributed by atoms with E-state index in [1.807, 2.05) is 0 Å². The number of aryl methyl sites for hydroxylation is 1. The minimum Gasteiger partial charge on any atom is -0.349 e. The predicted octanol–water partition coefficient (Wildman–Crippen LogP) is 2.63. The van der Waals surface area contributed by atoms with E-state index in [0.29, 0.717) is 18.0 Å². The van der Waals surface area contributed by atoms with Crippen molar-refractivity contribution in [3.8, 4) is 0 Å². The van der Waals surface area contributed by atoms with Crippen molar-refractivity contribution in [1.29, 1.82) is 0 Å². The Hall–Kier alpha value is -1.36. The van der Waals surface area contributed by atoms with Gasteiger partial charge < -0.3 is 14.8 Å². The third-order valence-corrected chi connectivity index (χ3v) is 5.26. The Labute approximate surface area is 139 Å². The second kappa shape index (κ2) is 6.63. The van der Waals surface area contributed by atoms with Crippen LogP contribution in [0.4, 0.5) is 0 Å². The standard InChI is InChI=1S/C18H30N4O/c1-14-6-4-7-16-20-12-15(22(14)16)17(23)19-9-11-21-10-5-8-18(2,3)13-21/h12,14H,4-11,13H2,1-3H3,(H,19,23). The van der Waals surface area contributed by atoms with Crippen LogP contribution in [0, 0.1) is 5.41 Å². The van der Waals surface area contributed by atoms with Crippen LogP contribution in [-0.4, -0.2) is 46.5 Å². The van der Waals surface area contributed by atoms with E-state index in [1.165, 1.54) is 19.3 Å². The van der Waals surface area contributed by atoms with Gasteiger partial charge >= 0.3 is 0 Å². The van der Waals surface area contributed by atoms with E-state index >= 15 is 0 Å². The van der Waals surface area contributed by atoms with Gasteiger partial charge in [-0.25, -0.2) is 4.98 Å². The van der Waals surface area contributed by atoms with Gasteiger partial charge in [0, 0.05) is 32.1 Å². The summed E-state index contributed by atoms with van der Waals surface area (Å²) in [4.78, 5) is 19.4. The van der Waals surface area contributed by atoms with E-state index in [1.54, 1.807) is 6.20 Å². The van der Waals surface area contributed by atoms with Gasteiger partial charge in [-0.05, 0) is 44.6 Å². The van der Waals surface area contributed by atoms with Gasteiger partial charge in [-0.3, -0.25) is 4.79 Å². The first kappa shape index (κ1) is 16.5. The number of aromatic nitrogens is 2. The zero-order chi connectivity index (χ0) is 16.4. The number of likely N-dealkylation sites (tertiary alicyclic amines) is 1. The highest BCUT2D eigenvalue weighted by atomic mass is 16.2. The zero-order valence-electron chi connectivity index (χ0n) is 14.8. The Morgan fingerprint density at radius 2 is 2.26 bits per heavy atom. The van der Waals surface area contributed by atoms with Gasteiger partial charge in [-0.1, -0.05) is 13.8 Å². The van der Waals surface area contributed by atoms with Gasteiger partial charge in [0.25, 0.3) is 5.91 Å². The molecule has 1 atom stereocenters. The molecular formula is C18H30N4O. The summed E-state index contributed by atoms with van der Waals surface area (Å²) in [7, 11) is 0. The topological polar surface area (TPSA) is 50.2 Å². The molecule has 128 valence electrons. The molecular weight excluding hydrogens is 288 g/mol. The fourth-order valence-electron chi connectivity index (χ4n) is 4.08. The minimum absolute atomic E-state index is 0.0220. The third-order valence-electron chi connectivity index (χ3n) is 5.26. The number of nitrogens with one attached hydrogen (secondary N) is 1. The molecule has 2 aliphatic rings. The Morgan fingerprint density at radius 1 is 1.43 bits per heavy atom. The lowest BCUT2D eigenvalue weighted by Gasteiger charge is -2.38. The molecule has 0 saturated carbocycles. The van der Waals surface area contributed by atoms with Crippen molar-refractivity contribution in [2.75, 3.05) is 26.2 Å². The predicted molar refractivity (Wildman–Crippen MR) is 91.7 cm³/mol. The van der Waals surface area contributed by atoms with Crippen LogP contribution >= 0.6 is 0 Å². The molecule has 1 saturated heterocycles. The molecule has 1 fully saturated rings. The summed E-state index contributed by atoms with van der Waals surface area (Å²) >= 11 is 0. The first-order valence-electron chi connectivity index (χ1n) is 9.03. The van der Waals surface area contributed by atoms with Crippen LogP contribution in [0.1, 0.15) is 68.8 Å². The summed E-state index contributed by atoms with van der Waals surface area (Å²) in [6.45, 7) is 10.8.